The molecule has 6 nitrogen and oxygen atoms in total. The predicted octanol–water partition coefficient (Wildman–Crippen LogP) is 1.35. The Kier molecular flexibility index (Phi) is 5.50. The molecule has 3 N–H and O–H groups in total. The second-order valence-electron chi connectivity index (χ2n) is 3.38. The fourth-order valence-electron chi connectivity index (χ4n) is 1.18. The van der Waals surface area contributed by atoms with Crippen LogP contribution in [-0.2, 0) is 4.79 Å². The Hall–Kier alpha value is -2.11. The van der Waals surface area contributed by atoms with Gasteiger partial charge in [0.2, 0.25) is 0 Å². The molecule has 0 unspecified atom stereocenters. The highest BCUT2D eigenvalue weighted by atomic mass is 16.4. The van der Waals surface area contributed by atoms with Gasteiger partial charge in [0.25, 0.3) is 0 Å². The minimum Gasteiger partial charge on any atom is -0.481 e. The number of carbonyl (C=O) groups is 1. The first-order chi connectivity index (χ1) is 8.22. The molecule has 1 rings (SSSR count). The van der Waals surface area contributed by atoms with E-state index in [9.17, 15) is 4.79 Å². The van der Waals surface area contributed by atoms with Crippen LogP contribution in [0.5, 0.6) is 0 Å². The van der Waals surface area contributed by atoms with Gasteiger partial charge in [0.15, 0.2) is 0 Å². The normalized spacial score (nSPS) is 9.65. The van der Waals surface area contributed by atoms with Gasteiger partial charge in [-0.2, -0.15) is 0 Å². The first-order valence-electron chi connectivity index (χ1n) is 5.35. The molecule has 6 heteroatoms. The summed E-state index contributed by atoms with van der Waals surface area (Å²) in [5.41, 5.74) is 0. The van der Waals surface area contributed by atoms with Gasteiger partial charge in [-0.05, 0) is 6.42 Å². The van der Waals surface area contributed by atoms with Gasteiger partial charge in [-0.25, -0.2) is 9.97 Å². The van der Waals surface area contributed by atoms with E-state index in [2.05, 4.69) is 27.2 Å². The van der Waals surface area contributed by atoms with Crippen molar-refractivity contribution in [2.45, 2.75) is 12.8 Å². The monoisotopic (exact) mass is 236 g/mol. The highest BCUT2D eigenvalue weighted by Crippen LogP contribution is 2.08. The Morgan fingerprint density at radius 2 is 2.12 bits per heavy atom. The lowest BCUT2D eigenvalue weighted by Crippen LogP contribution is -2.07. The van der Waals surface area contributed by atoms with E-state index < -0.39 is 5.97 Å². The van der Waals surface area contributed by atoms with Gasteiger partial charge in [-0.15, -0.1) is 6.58 Å². The highest BCUT2D eigenvalue weighted by molar-refractivity contribution is 5.66. The van der Waals surface area contributed by atoms with Crippen LogP contribution in [0.2, 0.25) is 0 Å². The van der Waals surface area contributed by atoms with Crippen molar-refractivity contribution in [3.8, 4) is 0 Å². The molecule has 1 aromatic rings. The number of hydrogen-bond acceptors (Lipinski definition) is 5. The van der Waals surface area contributed by atoms with Crippen LogP contribution < -0.4 is 10.6 Å². The van der Waals surface area contributed by atoms with Gasteiger partial charge in [0.05, 0.1) is 0 Å². The van der Waals surface area contributed by atoms with Crippen molar-refractivity contribution in [3.05, 3.63) is 25.0 Å². The molecule has 0 aromatic carbocycles. The summed E-state index contributed by atoms with van der Waals surface area (Å²) in [6, 6.07) is 1.77. The molecule has 17 heavy (non-hydrogen) atoms. The van der Waals surface area contributed by atoms with Gasteiger partial charge in [0.1, 0.15) is 18.0 Å². The minimum absolute atomic E-state index is 0.152. The van der Waals surface area contributed by atoms with Gasteiger partial charge in [0, 0.05) is 25.6 Å². The molecule has 1 heterocycles. The number of anilines is 2. The quantitative estimate of drug-likeness (QED) is 0.466. The zero-order chi connectivity index (χ0) is 12.5. The molecule has 0 aliphatic heterocycles. The standard InChI is InChI=1S/C11H16N4O2/c1-2-5-12-9-7-10(15-8-14-9)13-6-3-4-11(16)17/h2,7-8H,1,3-6H2,(H,16,17)(H2,12,13,14,15). The van der Waals surface area contributed by atoms with Crippen molar-refractivity contribution >= 4 is 17.6 Å². The lowest BCUT2D eigenvalue weighted by Gasteiger charge is -2.06. The van der Waals surface area contributed by atoms with E-state index in [0.717, 1.165) is 0 Å². The maximum Gasteiger partial charge on any atom is 0.303 e. The average molecular weight is 236 g/mol. The molecule has 0 aliphatic carbocycles. The molecule has 1 aromatic heterocycles. The summed E-state index contributed by atoms with van der Waals surface area (Å²) in [6.07, 6.45) is 3.90. The molecule has 0 saturated carbocycles. The summed E-state index contributed by atoms with van der Waals surface area (Å²) in [5, 5.41) is 14.6. The zero-order valence-electron chi connectivity index (χ0n) is 9.52. The summed E-state index contributed by atoms with van der Waals surface area (Å²) >= 11 is 0. The molecular weight excluding hydrogens is 220 g/mol. The Balaban J connectivity index is 2.37. The number of aliphatic carboxylic acids is 1. The highest BCUT2D eigenvalue weighted by Gasteiger charge is 1.99. The number of rotatable bonds is 8. The SMILES string of the molecule is C=CCNc1cc(NCCCC(=O)O)ncn1. The van der Waals surface area contributed by atoms with Crippen LogP contribution >= 0.6 is 0 Å². The second-order valence-corrected chi connectivity index (χ2v) is 3.38. The molecule has 92 valence electrons. The van der Waals surface area contributed by atoms with Crippen LogP contribution in [0, 0.1) is 0 Å². The molecule has 0 spiro atoms. The van der Waals surface area contributed by atoms with Crippen molar-refractivity contribution in [3.63, 3.8) is 0 Å². The largest absolute Gasteiger partial charge is 0.481 e. The predicted molar refractivity (Wildman–Crippen MR) is 66.1 cm³/mol. The molecule has 0 saturated heterocycles. The number of carboxylic acid groups (broad SMARTS) is 1. The number of carboxylic acids is 1. The topological polar surface area (TPSA) is 87.1 Å². The van der Waals surface area contributed by atoms with Crippen molar-refractivity contribution in [1.82, 2.24) is 9.97 Å². The number of aromatic nitrogens is 2. The van der Waals surface area contributed by atoms with Crippen molar-refractivity contribution in [2.75, 3.05) is 23.7 Å². The lowest BCUT2D eigenvalue weighted by atomic mass is 10.3. The molecular formula is C11H16N4O2. The third-order valence-electron chi connectivity index (χ3n) is 1.97. The van der Waals surface area contributed by atoms with E-state index in [4.69, 9.17) is 5.11 Å². The Morgan fingerprint density at radius 1 is 1.41 bits per heavy atom. The smallest absolute Gasteiger partial charge is 0.303 e. The van der Waals surface area contributed by atoms with Crippen LogP contribution in [0.4, 0.5) is 11.6 Å². The van der Waals surface area contributed by atoms with Crippen molar-refractivity contribution in [1.29, 1.82) is 0 Å². The third kappa shape index (κ3) is 5.50. The molecule has 0 fully saturated rings. The van der Waals surface area contributed by atoms with Crippen LogP contribution in [0.1, 0.15) is 12.8 Å². The Morgan fingerprint density at radius 3 is 2.76 bits per heavy atom. The molecule has 0 bridgehead atoms. The average Bonchev–Trinajstić information content (AvgIpc) is 2.32. The van der Waals surface area contributed by atoms with E-state index in [-0.39, 0.29) is 6.42 Å². The number of hydrogen-bond donors (Lipinski definition) is 3. The van der Waals surface area contributed by atoms with Crippen molar-refractivity contribution in [2.24, 2.45) is 0 Å². The molecule has 0 atom stereocenters. The summed E-state index contributed by atoms with van der Waals surface area (Å²) in [5.74, 6) is 0.598. The van der Waals surface area contributed by atoms with E-state index >= 15 is 0 Å². The maximum absolute atomic E-state index is 10.3. The van der Waals surface area contributed by atoms with Gasteiger partial charge in [-0.1, -0.05) is 6.08 Å². The number of nitrogens with one attached hydrogen (secondary N) is 2. The summed E-state index contributed by atoms with van der Waals surface area (Å²) in [7, 11) is 0. The first kappa shape index (κ1) is 13.0. The minimum atomic E-state index is -0.789. The second kappa shape index (κ2) is 7.21. The van der Waals surface area contributed by atoms with Gasteiger partial charge in [-0.3, -0.25) is 4.79 Å². The maximum atomic E-state index is 10.3. The van der Waals surface area contributed by atoms with Gasteiger partial charge >= 0.3 is 5.97 Å². The van der Waals surface area contributed by atoms with Crippen LogP contribution in [0.3, 0.4) is 0 Å². The van der Waals surface area contributed by atoms with Crippen LogP contribution in [0.15, 0.2) is 25.0 Å². The Labute approximate surface area is 99.8 Å². The molecule has 0 aliphatic rings. The summed E-state index contributed by atoms with van der Waals surface area (Å²) in [6.45, 7) is 4.81. The van der Waals surface area contributed by atoms with Gasteiger partial charge < -0.3 is 15.7 Å². The van der Waals surface area contributed by atoms with E-state index in [1.165, 1.54) is 6.33 Å². The Bertz CT molecular complexity index is 381. The zero-order valence-corrected chi connectivity index (χ0v) is 9.52. The lowest BCUT2D eigenvalue weighted by molar-refractivity contribution is -0.137. The van der Waals surface area contributed by atoms with E-state index in [0.29, 0.717) is 31.1 Å². The molecule has 0 amide bonds. The van der Waals surface area contributed by atoms with E-state index in [1.54, 1.807) is 12.1 Å². The third-order valence-corrected chi connectivity index (χ3v) is 1.97. The fourth-order valence-corrected chi connectivity index (χ4v) is 1.18. The number of nitrogens with zero attached hydrogens (tertiary/aromatic N) is 2. The van der Waals surface area contributed by atoms with Crippen LogP contribution in [0.25, 0.3) is 0 Å². The summed E-state index contributed by atoms with van der Waals surface area (Å²) in [4.78, 5) is 18.4. The fraction of sp³-hybridized carbons (Fsp3) is 0.364. The molecule has 0 radical (unpaired) electrons. The van der Waals surface area contributed by atoms with Crippen molar-refractivity contribution < 1.29 is 9.90 Å². The first-order valence-corrected chi connectivity index (χ1v) is 5.35. The van der Waals surface area contributed by atoms with Crippen LogP contribution in [-0.4, -0.2) is 34.1 Å². The summed E-state index contributed by atoms with van der Waals surface area (Å²) < 4.78 is 0. The van der Waals surface area contributed by atoms with E-state index in [1.807, 2.05) is 0 Å².